The van der Waals surface area contributed by atoms with Crippen LogP contribution in [0, 0.1) is 0 Å². The summed E-state index contributed by atoms with van der Waals surface area (Å²) < 4.78 is 0. The number of likely N-dealkylation sites (N-methyl/N-ethyl adjacent to an activating group) is 1. The molecule has 0 bridgehead atoms. The molecule has 0 aromatic heterocycles. The Balaban J connectivity index is -0.0000000675. The second kappa shape index (κ2) is 11.2. The summed E-state index contributed by atoms with van der Waals surface area (Å²) in [7, 11) is 1.43. The number of hydrogen-bond acceptors (Lipinski definition) is 3. The molecule has 0 aliphatic heterocycles. The van der Waals surface area contributed by atoms with Crippen molar-refractivity contribution in [3.63, 3.8) is 0 Å². The Kier molecular flexibility index (Phi) is 18.5. The minimum Gasteiger partial charge on any atom is -1.00 e. The van der Waals surface area contributed by atoms with Gasteiger partial charge in [0.2, 0.25) is 0 Å². The molecule has 5 nitrogen and oxygen atoms in total. The Morgan fingerprint density at radius 2 is 1.42 bits per heavy atom. The third-order valence-corrected chi connectivity index (χ3v) is 0.810. The molecule has 0 atom stereocenters. The Morgan fingerprint density at radius 1 is 1.17 bits per heavy atom. The topological polar surface area (TPSA) is 77.8 Å². The zero-order valence-corrected chi connectivity index (χ0v) is 13.8. The second-order valence-corrected chi connectivity index (χ2v) is 1.96. The molecule has 0 aliphatic carbocycles. The van der Waals surface area contributed by atoms with E-state index in [1.54, 1.807) is 0 Å². The van der Waals surface area contributed by atoms with Gasteiger partial charge in [0.25, 0.3) is 0 Å². The van der Waals surface area contributed by atoms with Crippen LogP contribution >= 0.6 is 0 Å². The van der Waals surface area contributed by atoms with E-state index in [1.165, 1.54) is 11.9 Å². The van der Waals surface area contributed by atoms with Gasteiger partial charge >= 0.3 is 115 Å². The maximum atomic E-state index is 9.96. The maximum Gasteiger partial charge on any atom is 1.00 e. The van der Waals surface area contributed by atoms with E-state index in [1.807, 2.05) is 0 Å². The Labute approximate surface area is 159 Å². The van der Waals surface area contributed by atoms with E-state index in [9.17, 15) is 9.59 Å². The average Bonchev–Trinajstić information content (AvgIpc) is 1.58. The first-order chi connectivity index (χ1) is 4.52. The van der Waals surface area contributed by atoms with Gasteiger partial charge in [-0.15, -0.1) is 0 Å². The van der Waals surface area contributed by atoms with Crippen molar-refractivity contribution < 1.29 is 125 Å². The molecule has 0 radical (unpaired) electrons. The SMILES string of the molecule is CN(CC(=O)O)CC(=O)O.[H-].[H-].[K+].[K+]. The molecule has 0 aromatic carbocycles. The van der Waals surface area contributed by atoms with Crippen LogP contribution in [0.25, 0.3) is 0 Å². The summed E-state index contributed by atoms with van der Waals surface area (Å²) in [6.45, 7) is -0.488. The van der Waals surface area contributed by atoms with E-state index < -0.39 is 11.9 Å². The minimum atomic E-state index is -1.02. The molecule has 7 heteroatoms. The molecule has 0 fully saturated rings. The fourth-order valence-corrected chi connectivity index (χ4v) is 0.518. The van der Waals surface area contributed by atoms with Crippen LogP contribution in [-0.2, 0) is 9.59 Å². The summed E-state index contributed by atoms with van der Waals surface area (Å²) in [6.07, 6.45) is 0. The summed E-state index contributed by atoms with van der Waals surface area (Å²) in [4.78, 5) is 21.1. The van der Waals surface area contributed by atoms with E-state index in [0.29, 0.717) is 0 Å². The summed E-state index contributed by atoms with van der Waals surface area (Å²) in [5.41, 5.74) is 0. The van der Waals surface area contributed by atoms with Crippen LogP contribution in [0.3, 0.4) is 0 Å². The van der Waals surface area contributed by atoms with Crippen LogP contribution in [0.4, 0.5) is 0 Å². The molecule has 0 saturated heterocycles. The molecule has 0 aliphatic rings. The Morgan fingerprint density at radius 3 is 1.58 bits per heavy atom. The number of carbonyl (C=O) groups is 2. The van der Waals surface area contributed by atoms with E-state index in [4.69, 9.17) is 10.2 Å². The van der Waals surface area contributed by atoms with E-state index >= 15 is 0 Å². The fourth-order valence-electron chi connectivity index (χ4n) is 0.518. The van der Waals surface area contributed by atoms with E-state index in [2.05, 4.69) is 0 Å². The zero-order chi connectivity index (χ0) is 8.15. The third kappa shape index (κ3) is 14.7. The molecule has 0 saturated carbocycles. The molecule has 0 heterocycles. The predicted octanol–water partition coefficient (Wildman–Crippen LogP) is -6.68. The van der Waals surface area contributed by atoms with Crippen molar-refractivity contribution in [2.75, 3.05) is 20.1 Å². The first-order valence-electron chi connectivity index (χ1n) is 2.64. The quantitative estimate of drug-likeness (QED) is 0.467. The van der Waals surface area contributed by atoms with Crippen LogP contribution in [0.15, 0.2) is 0 Å². The average molecular weight is 227 g/mol. The van der Waals surface area contributed by atoms with Gasteiger partial charge < -0.3 is 13.1 Å². The molecule has 0 spiro atoms. The third-order valence-electron chi connectivity index (χ3n) is 0.810. The molecular weight excluding hydrogens is 216 g/mol. The molecule has 0 unspecified atom stereocenters. The van der Waals surface area contributed by atoms with Gasteiger partial charge in [0.1, 0.15) is 0 Å². The molecular formula is C5H11K2NO4. The van der Waals surface area contributed by atoms with Gasteiger partial charge in [0.15, 0.2) is 0 Å². The molecule has 0 aromatic rings. The van der Waals surface area contributed by atoms with Crippen molar-refractivity contribution in [1.82, 2.24) is 4.90 Å². The van der Waals surface area contributed by atoms with Gasteiger partial charge in [-0.2, -0.15) is 0 Å². The van der Waals surface area contributed by atoms with Crippen molar-refractivity contribution >= 4 is 11.9 Å². The second-order valence-electron chi connectivity index (χ2n) is 1.96. The maximum absolute atomic E-state index is 9.96. The van der Waals surface area contributed by atoms with Gasteiger partial charge in [-0.1, -0.05) is 0 Å². The van der Waals surface area contributed by atoms with Gasteiger partial charge in [-0.3, -0.25) is 14.5 Å². The normalized spacial score (nSPS) is 8.17. The Bertz CT molecular complexity index is 145. The molecule has 2 N–H and O–H groups in total. The van der Waals surface area contributed by atoms with Crippen molar-refractivity contribution in [2.45, 2.75) is 0 Å². The largest absolute Gasteiger partial charge is 1.00 e. The fraction of sp³-hybridized carbons (Fsp3) is 0.600. The standard InChI is InChI=1S/C5H9NO4.2K.2H/c1-6(2-4(7)8)3-5(9)10;;;;/h2-3H2,1H3,(H,7,8)(H,9,10);;;;/q;2*+1;2*-1. The number of aliphatic carboxylic acids is 2. The number of hydrogen-bond donors (Lipinski definition) is 2. The molecule has 62 valence electrons. The first kappa shape index (κ1) is 19.7. The van der Waals surface area contributed by atoms with Crippen molar-refractivity contribution in [1.29, 1.82) is 0 Å². The summed E-state index contributed by atoms with van der Waals surface area (Å²) in [6, 6.07) is 0. The first-order valence-corrected chi connectivity index (χ1v) is 2.64. The number of nitrogens with zero attached hydrogens (tertiary/aromatic N) is 1. The summed E-state index contributed by atoms with van der Waals surface area (Å²) in [5, 5.41) is 16.3. The van der Waals surface area contributed by atoms with Crippen LogP contribution in [0.1, 0.15) is 2.85 Å². The number of carboxylic acids is 2. The molecule has 12 heavy (non-hydrogen) atoms. The van der Waals surface area contributed by atoms with Crippen LogP contribution < -0.4 is 103 Å². The van der Waals surface area contributed by atoms with E-state index in [-0.39, 0.29) is 119 Å². The van der Waals surface area contributed by atoms with Gasteiger partial charge in [-0.05, 0) is 7.05 Å². The number of carboxylic acid groups (broad SMARTS) is 2. The van der Waals surface area contributed by atoms with E-state index in [0.717, 1.165) is 0 Å². The zero-order valence-electron chi connectivity index (χ0n) is 9.57. The van der Waals surface area contributed by atoms with Crippen LogP contribution in [0.5, 0.6) is 0 Å². The van der Waals surface area contributed by atoms with Crippen LogP contribution in [0.2, 0.25) is 0 Å². The molecule has 0 rings (SSSR count). The summed E-state index contributed by atoms with van der Waals surface area (Å²) in [5.74, 6) is -2.05. The van der Waals surface area contributed by atoms with Crippen molar-refractivity contribution in [2.24, 2.45) is 0 Å². The van der Waals surface area contributed by atoms with Gasteiger partial charge in [-0.25, -0.2) is 0 Å². The Hall–Kier alpha value is 2.17. The number of rotatable bonds is 4. The smallest absolute Gasteiger partial charge is 1.00 e. The predicted molar refractivity (Wildman–Crippen MR) is 35.0 cm³/mol. The minimum absolute atomic E-state index is 0. The monoisotopic (exact) mass is 227 g/mol. The van der Waals surface area contributed by atoms with Crippen LogP contribution in [-0.4, -0.2) is 47.2 Å². The summed E-state index contributed by atoms with van der Waals surface area (Å²) >= 11 is 0. The van der Waals surface area contributed by atoms with Crippen molar-refractivity contribution in [3.05, 3.63) is 0 Å². The van der Waals surface area contributed by atoms with Crippen molar-refractivity contribution in [3.8, 4) is 0 Å². The van der Waals surface area contributed by atoms with Gasteiger partial charge in [0.05, 0.1) is 13.1 Å². The molecule has 0 amide bonds. The van der Waals surface area contributed by atoms with Gasteiger partial charge in [0, 0.05) is 0 Å².